The van der Waals surface area contributed by atoms with E-state index >= 15 is 0 Å². The summed E-state index contributed by atoms with van der Waals surface area (Å²) in [5.41, 5.74) is 5.38. The maximum absolute atomic E-state index is 10.7. The summed E-state index contributed by atoms with van der Waals surface area (Å²) in [4.78, 5) is 10.7. The highest BCUT2D eigenvalue weighted by Crippen LogP contribution is 1.91. The third-order valence-electron chi connectivity index (χ3n) is 1.11. The van der Waals surface area contributed by atoms with Crippen LogP contribution >= 0.6 is 0 Å². The lowest BCUT2D eigenvalue weighted by Crippen LogP contribution is -2.36. The first-order valence-electron chi connectivity index (χ1n) is 3.53. The number of rotatable bonds is 4. The van der Waals surface area contributed by atoms with Crippen LogP contribution in [-0.2, 0) is 14.3 Å². The summed E-state index contributed by atoms with van der Waals surface area (Å²) in [7, 11) is 1.30. The zero-order chi connectivity index (χ0) is 8.85. The van der Waals surface area contributed by atoms with E-state index in [-0.39, 0.29) is 12.7 Å². The van der Waals surface area contributed by atoms with E-state index in [4.69, 9.17) is 10.5 Å². The normalized spacial score (nSPS) is 13.2. The van der Waals surface area contributed by atoms with Gasteiger partial charge in [-0.25, -0.2) is 0 Å². The molecule has 66 valence electrons. The van der Waals surface area contributed by atoms with Crippen LogP contribution in [0.4, 0.5) is 0 Å². The molecule has 0 fully saturated rings. The van der Waals surface area contributed by atoms with Gasteiger partial charge in [-0.3, -0.25) is 4.79 Å². The van der Waals surface area contributed by atoms with Crippen LogP contribution in [0.2, 0.25) is 0 Å². The molecule has 0 aliphatic carbocycles. The fraction of sp³-hybridized carbons (Fsp3) is 0.857. The lowest BCUT2D eigenvalue weighted by atomic mass is 10.3. The van der Waals surface area contributed by atoms with Crippen molar-refractivity contribution in [2.75, 3.05) is 13.7 Å². The van der Waals surface area contributed by atoms with Crippen LogP contribution in [0.25, 0.3) is 0 Å². The molecule has 0 aromatic heterocycles. The predicted octanol–water partition coefficient (Wildman–Crippen LogP) is -0.0883. The van der Waals surface area contributed by atoms with Gasteiger partial charge in [0.1, 0.15) is 6.04 Å². The van der Waals surface area contributed by atoms with Gasteiger partial charge in [-0.1, -0.05) is 0 Å². The fourth-order valence-electron chi connectivity index (χ4n) is 0.516. The fourth-order valence-corrected chi connectivity index (χ4v) is 0.516. The number of hydrogen-bond acceptors (Lipinski definition) is 4. The molecule has 0 spiro atoms. The lowest BCUT2D eigenvalue weighted by Gasteiger charge is -2.11. The summed E-state index contributed by atoms with van der Waals surface area (Å²) < 4.78 is 9.50. The van der Waals surface area contributed by atoms with Crippen molar-refractivity contribution in [1.29, 1.82) is 0 Å². The Hall–Kier alpha value is -0.610. The Kier molecular flexibility index (Phi) is 4.81. The Labute approximate surface area is 66.7 Å². The number of hydrogen-bond donors (Lipinski definition) is 1. The molecule has 0 aliphatic rings. The van der Waals surface area contributed by atoms with Gasteiger partial charge in [0.15, 0.2) is 0 Å². The second-order valence-corrected chi connectivity index (χ2v) is 2.51. The van der Waals surface area contributed by atoms with Crippen LogP contribution in [0.3, 0.4) is 0 Å². The van der Waals surface area contributed by atoms with Gasteiger partial charge >= 0.3 is 5.97 Å². The quantitative estimate of drug-likeness (QED) is 0.585. The molecule has 1 unspecified atom stereocenters. The first kappa shape index (κ1) is 10.4. The Morgan fingerprint density at radius 1 is 1.55 bits per heavy atom. The van der Waals surface area contributed by atoms with Gasteiger partial charge in [-0.15, -0.1) is 0 Å². The highest BCUT2D eigenvalue weighted by molar-refractivity contribution is 5.75. The average molecular weight is 161 g/mol. The molecule has 0 aliphatic heterocycles. The molecule has 1 atom stereocenters. The van der Waals surface area contributed by atoms with E-state index in [2.05, 4.69) is 4.74 Å². The van der Waals surface area contributed by atoms with Crippen molar-refractivity contribution in [1.82, 2.24) is 0 Å². The largest absolute Gasteiger partial charge is 0.468 e. The third kappa shape index (κ3) is 4.75. The first-order valence-corrected chi connectivity index (χ1v) is 3.53. The van der Waals surface area contributed by atoms with Crippen molar-refractivity contribution < 1.29 is 14.3 Å². The summed E-state index contributed by atoms with van der Waals surface area (Å²) in [6.45, 7) is 3.97. The molecule has 4 heteroatoms. The van der Waals surface area contributed by atoms with E-state index in [9.17, 15) is 4.79 Å². The smallest absolute Gasteiger partial charge is 0.325 e. The molecule has 0 aromatic rings. The Bertz CT molecular complexity index is 125. The van der Waals surface area contributed by atoms with Crippen molar-refractivity contribution in [3.8, 4) is 0 Å². The highest BCUT2D eigenvalue weighted by atomic mass is 16.5. The minimum absolute atomic E-state index is 0.0886. The molecule has 2 N–H and O–H groups in total. The number of carbonyl (C=O) groups is 1. The number of ether oxygens (including phenoxy) is 2. The van der Waals surface area contributed by atoms with E-state index in [0.29, 0.717) is 0 Å². The molecular formula is C7H15NO3. The molecule has 0 aromatic carbocycles. The number of nitrogens with two attached hydrogens (primary N) is 1. The lowest BCUT2D eigenvalue weighted by molar-refractivity contribution is -0.144. The second-order valence-electron chi connectivity index (χ2n) is 2.51. The maximum Gasteiger partial charge on any atom is 0.325 e. The maximum atomic E-state index is 10.7. The van der Waals surface area contributed by atoms with Gasteiger partial charge in [0.05, 0.1) is 19.8 Å². The van der Waals surface area contributed by atoms with Gasteiger partial charge in [-0.2, -0.15) is 0 Å². The van der Waals surface area contributed by atoms with Crippen molar-refractivity contribution in [2.45, 2.75) is 26.0 Å². The second kappa shape index (κ2) is 5.09. The van der Waals surface area contributed by atoms with Crippen LogP contribution in [0.15, 0.2) is 0 Å². The summed E-state index contributed by atoms with van der Waals surface area (Å²) >= 11 is 0. The number of carbonyl (C=O) groups excluding carboxylic acids is 1. The topological polar surface area (TPSA) is 61.5 Å². The Balaban J connectivity index is 3.52. The zero-order valence-electron chi connectivity index (χ0n) is 7.16. The van der Waals surface area contributed by atoms with Gasteiger partial charge in [0.2, 0.25) is 0 Å². The minimum atomic E-state index is -0.664. The highest BCUT2D eigenvalue weighted by Gasteiger charge is 2.13. The standard InChI is InChI=1S/C7H15NO3/c1-5(2)11-4-6(8)7(9)10-3/h5-6H,4,8H2,1-3H3. The molecule has 4 nitrogen and oxygen atoms in total. The van der Waals surface area contributed by atoms with E-state index < -0.39 is 12.0 Å². The summed E-state index contributed by atoms with van der Waals surface area (Å²) in [5.74, 6) is -0.439. The Morgan fingerprint density at radius 2 is 2.09 bits per heavy atom. The molecule has 0 saturated heterocycles. The van der Waals surface area contributed by atoms with E-state index in [1.54, 1.807) is 0 Å². The summed E-state index contributed by atoms with van der Waals surface area (Å²) in [5, 5.41) is 0. The summed E-state index contributed by atoms with van der Waals surface area (Å²) in [6.07, 6.45) is 0.0886. The van der Waals surface area contributed by atoms with Crippen LogP contribution in [0.1, 0.15) is 13.8 Å². The molecule has 0 radical (unpaired) electrons. The van der Waals surface area contributed by atoms with Crippen molar-refractivity contribution in [3.63, 3.8) is 0 Å². The van der Waals surface area contributed by atoms with E-state index in [0.717, 1.165) is 0 Å². The van der Waals surface area contributed by atoms with E-state index in [1.807, 2.05) is 13.8 Å². The monoisotopic (exact) mass is 161 g/mol. The Morgan fingerprint density at radius 3 is 2.45 bits per heavy atom. The van der Waals surface area contributed by atoms with Crippen molar-refractivity contribution in [2.24, 2.45) is 5.73 Å². The van der Waals surface area contributed by atoms with Crippen LogP contribution in [-0.4, -0.2) is 31.8 Å². The van der Waals surface area contributed by atoms with Gasteiger partial charge in [0, 0.05) is 0 Å². The van der Waals surface area contributed by atoms with Crippen LogP contribution in [0, 0.1) is 0 Å². The van der Waals surface area contributed by atoms with Crippen LogP contribution in [0.5, 0.6) is 0 Å². The van der Waals surface area contributed by atoms with Gasteiger partial charge in [-0.05, 0) is 13.8 Å². The average Bonchev–Trinajstić information content (AvgIpc) is 1.98. The first-order chi connectivity index (χ1) is 5.07. The van der Waals surface area contributed by atoms with Crippen molar-refractivity contribution >= 4 is 5.97 Å². The molecule has 0 rings (SSSR count). The number of esters is 1. The third-order valence-corrected chi connectivity index (χ3v) is 1.11. The minimum Gasteiger partial charge on any atom is -0.468 e. The molecule has 0 heterocycles. The van der Waals surface area contributed by atoms with E-state index in [1.165, 1.54) is 7.11 Å². The number of methoxy groups -OCH3 is 1. The van der Waals surface area contributed by atoms with Crippen molar-refractivity contribution in [3.05, 3.63) is 0 Å². The summed E-state index contributed by atoms with van der Waals surface area (Å²) in [6, 6.07) is -0.664. The molecule has 0 amide bonds. The van der Waals surface area contributed by atoms with Crippen LogP contribution < -0.4 is 5.73 Å². The molecular weight excluding hydrogens is 146 g/mol. The van der Waals surface area contributed by atoms with Gasteiger partial charge in [0.25, 0.3) is 0 Å². The predicted molar refractivity (Wildman–Crippen MR) is 41.1 cm³/mol. The molecule has 0 saturated carbocycles. The molecule has 0 bridgehead atoms. The van der Waals surface area contributed by atoms with Gasteiger partial charge < -0.3 is 15.2 Å². The zero-order valence-corrected chi connectivity index (χ0v) is 7.16. The SMILES string of the molecule is COC(=O)C(N)COC(C)C. The molecule has 11 heavy (non-hydrogen) atoms.